The fourth-order valence-electron chi connectivity index (χ4n) is 13.0. The first-order valence-corrected chi connectivity index (χ1v) is 28.6. The fourth-order valence-corrected chi connectivity index (χ4v) is 13.0. The molecule has 3 heterocycles. The number of aromatic nitrogens is 4. The highest BCUT2D eigenvalue weighted by Crippen LogP contribution is 2.54. The molecule has 16 rings (SSSR count). The second kappa shape index (κ2) is 18.9. The smallest absolute Gasteiger partial charge is 0.227 e. The molecule has 0 aliphatic heterocycles. The molecule has 0 spiro atoms. The van der Waals surface area contributed by atoms with Crippen LogP contribution in [0.5, 0.6) is 0 Å². The average Bonchev–Trinajstić information content (AvgIpc) is 2.84. The number of hydrogen-bond donors (Lipinski definition) is 0. The van der Waals surface area contributed by atoms with Gasteiger partial charge in [-0.05, 0) is 178 Å². The monoisotopic (exact) mass is 1080 g/mol. The molecule has 0 saturated carbocycles. The lowest BCUT2D eigenvalue weighted by molar-refractivity contribution is 0.618. The summed E-state index contributed by atoms with van der Waals surface area (Å²) in [4.78, 5) is 25.1. The van der Waals surface area contributed by atoms with E-state index in [2.05, 4.69) is 219 Å². The molecule has 3 aromatic heterocycles. The van der Waals surface area contributed by atoms with Gasteiger partial charge < -0.3 is 18.6 Å². The summed E-state index contributed by atoms with van der Waals surface area (Å²) in [5.41, 5.74) is 26.2. The number of rotatable bonds is 10. The first-order valence-electron chi connectivity index (χ1n) is 28.6. The zero-order valence-electron chi connectivity index (χ0n) is 46.7. The van der Waals surface area contributed by atoms with Gasteiger partial charge in [0.2, 0.25) is 11.8 Å². The minimum atomic E-state index is -0.285. The number of para-hydroxylation sites is 8. The molecule has 2 aliphatic carbocycles. The van der Waals surface area contributed by atoms with E-state index in [4.69, 9.17) is 28.8 Å². The maximum absolute atomic E-state index is 6.24. The molecular weight excluding hydrogens is 1030 g/mol. The van der Waals surface area contributed by atoms with E-state index in [1.807, 2.05) is 72.8 Å². The maximum atomic E-state index is 6.24. The molecule has 8 nitrogen and oxygen atoms in total. The largest absolute Gasteiger partial charge is 0.436 e. The van der Waals surface area contributed by atoms with Crippen molar-refractivity contribution >= 4 is 67.4 Å². The summed E-state index contributed by atoms with van der Waals surface area (Å²) < 4.78 is 12.5. The minimum Gasteiger partial charge on any atom is -0.436 e. The Morgan fingerprint density at radius 1 is 0.274 bits per heavy atom. The van der Waals surface area contributed by atoms with Gasteiger partial charge >= 0.3 is 0 Å². The fraction of sp³-hybridized carbons (Fsp3) is 0.0789. The van der Waals surface area contributed by atoms with Crippen molar-refractivity contribution in [3.8, 4) is 67.7 Å². The Balaban J connectivity index is 0.731. The second-order valence-electron chi connectivity index (χ2n) is 23.0. The molecule has 2 aliphatic rings. The van der Waals surface area contributed by atoms with Gasteiger partial charge in [0.15, 0.2) is 11.2 Å². The van der Waals surface area contributed by atoms with Gasteiger partial charge in [0.1, 0.15) is 11.0 Å². The summed E-state index contributed by atoms with van der Waals surface area (Å²) in [5.74, 6) is 1.26. The van der Waals surface area contributed by atoms with Crippen molar-refractivity contribution in [2.75, 3.05) is 9.80 Å². The standard InChI is InChI=1S/C76H54N6O2/c1-75(2)61-43-49(73-79-67-23-13-15-25-69(67)83-73)31-39-57(61)59-41-37-55(45-63(59)75)81(51-17-7-5-8-18-51)53-33-27-47(28-34-53)71-72(78-66-22-12-11-21-65(66)77-71)48-29-35-54(36-30-48)82(52-19-9-6-10-20-52)56-38-42-60-58-40-32-50(44-62(58)76(3,4)64(60)46-56)74-80-68-24-14-16-26-70(68)84-74/h5-46H,1-4H3. The second-order valence-corrected chi connectivity index (χ2v) is 23.0. The van der Waals surface area contributed by atoms with E-state index in [1.54, 1.807) is 0 Å². The van der Waals surface area contributed by atoms with Crippen LogP contribution >= 0.6 is 0 Å². The molecule has 0 amide bonds. The van der Waals surface area contributed by atoms with Crippen LogP contribution in [0.4, 0.5) is 34.1 Å². The normalized spacial score (nSPS) is 13.4. The van der Waals surface area contributed by atoms with Gasteiger partial charge in [-0.15, -0.1) is 0 Å². The lowest BCUT2D eigenvalue weighted by Gasteiger charge is -2.28. The van der Waals surface area contributed by atoms with Crippen LogP contribution in [0, 0.1) is 0 Å². The maximum Gasteiger partial charge on any atom is 0.227 e. The van der Waals surface area contributed by atoms with Gasteiger partial charge in [0, 0.05) is 67.2 Å². The van der Waals surface area contributed by atoms with Crippen LogP contribution < -0.4 is 9.80 Å². The Bertz CT molecular complexity index is 4530. The third-order valence-corrected chi connectivity index (χ3v) is 17.3. The Hall–Kier alpha value is -10.7. The van der Waals surface area contributed by atoms with Crippen molar-refractivity contribution in [3.05, 3.63) is 277 Å². The van der Waals surface area contributed by atoms with E-state index in [-0.39, 0.29) is 10.8 Å². The van der Waals surface area contributed by atoms with Crippen molar-refractivity contribution in [3.63, 3.8) is 0 Å². The van der Waals surface area contributed by atoms with E-state index >= 15 is 0 Å². The van der Waals surface area contributed by atoms with Gasteiger partial charge in [0.05, 0.1) is 22.4 Å². The molecule has 0 atom stereocenters. The highest BCUT2D eigenvalue weighted by atomic mass is 16.4. The highest BCUT2D eigenvalue weighted by Gasteiger charge is 2.38. The van der Waals surface area contributed by atoms with Crippen LogP contribution in [0.25, 0.3) is 101 Å². The number of oxazole rings is 2. The van der Waals surface area contributed by atoms with Crippen molar-refractivity contribution < 1.29 is 8.83 Å². The van der Waals surface area contributed by atoms with Gasteiger partial charge in [0.25, 0.3) is 0 Å². The molecule has 0 unspecified atom stereocenters. The molecule has 8 heteroatoms. The number of benzene rings is 11. The average molecular weight is 1080 g/mol. The quantitative estimate of drug-likeness (QED) is 0.134. The number of fused-ring (bicyclic) bond motifs is 9. The molecular formula is C76H54N6O2. The predicted molar refractivity (Wildman–Crippen MR) is 341 cm³/mol. The Morgan fingerprint density at radius 2 is 0.583 bits per heavy atom. The summed E-state index contributed by atoms with van der Waals surface area (Å²) >= 11 is 0. The minimum absolute atomic E-state index is 0.285. The molecule has 11 aromatic carbocycles. The van der Waals surface area contributed by atoms with Crippen molar-refractivity contribution in [1.29, 1.82) is 0 Å². The first-order chi connectivity index (χ1) is 41.1. The third kappa shape index (κ3) is 7.97. The molecule has 0 radical (unpaired) electrons. The van der Waals surface area contributed by atoms with E-state index in [1.165, 1.54) is 44.5 Å². The Kier molecular flexibility index (Phi) is 11.1. The molecule has 400 valence electrons. The van der Waals surface area contributed by atoms with E-state index in [0.717, 1.165) is 101 Å². The summed E-state index contributed by atoms with van der Waals surface area (Å²) in [7, 11) is 0. The van der Waals surface area contributed by atoms with Crippen LogP contribution in [0.15, 0.2) is 264 Å². The first kappa shape index (κ1) is 49.1. The van der Waals surface area contributed by atoms with Crippen LogP contribution in [0.1, 0.15) is 49.9 Å². The lowest BCUT2D eigenvalue weighted by atomic mass is 9.81. The molecule has 0 N–H and O–H groups in total. The summed E-state index contributed by atoms with van der Waals surface area (Å²) in [5, 5.41) is 0. The zero-order valence-corrected chi connectivity index (χ0v) is 46.7. The summed E-state index contributed by atoms with van der Waals surface area (Å²) in [6.45, 7) is 9.28. The van der Waals surface area contributed by atoms with Crippen LogP contribution in [0.3, 0.4) is 0 Å². The van der Waals surface area contributed by atoms with Crippen molar-refractivity contribution in [1.82, 2.24) is 19.9 Å². The highest BCUT2D eigenvalue weighted by molar-refractivity contribution is 5.92. The van der Waals surface area contributed by atoms with Crippen LogP contribution in [0.2, 0.25) is 0 Å². The van der Waals surface area contributed by atoms with E-state index < -0.39 is 0 Å². The van der Waals surface area contributed by atoms with E-state index in [9.17, 15) is 0 Å². The summed E-state index contributed by atoms with van der Waals surface area (Å²) in [6.07, 6.45) is 0. The molecule has 84 heavy (non-hydrogen) atoms. The van der Waals surface area contributed by atoms with Gasteiger partial charge in [-0.1, -0.05) is 149 Å². The third-order valence-electron chi connectivity index (χ3n) is 17.3. The lowest BCUT2D eigenvalue weighted by Crippen LogP contribution is -2.16. The Morgan fingerprint density at radius 3 is 0.976 bits per heavy atom. The number of nitrogens with zero attached hydrogens (tertiary/aromatic N) is 6. The van der Waals surface area contributed by atoms with Gasteiger partial charge in [-0.25, -0.2) is 19.9 Å². The molecule has 0 bridgehead atoms. The summed E-state index contributed by atoms with van der Waals surface area (Å²) in [6, 6.07) is 89.8. The van der Waals surface area contributed by atoms with Crippen LogP contribution in [-0.4, -0.2) is 19.9 Å². The molecule has 0 fully saturated rings. The zero-order chi connectivity index (χ0) is 56.3. The molecule has 14 aromatic rings. The van der Waals surface area contributed by atoms with Crippen molar-refractivity contribution in [2.45, 2.75) is 38.5 Å². The van der Waals surface area contributed by atoms with E-state index in [0.29, 0.717) is 11.8 Å². The SMILES string of the molecule is CC1(C)c2cc(-c3nc4ccccc4o3)ccc2-c2ccc(N(c3ccccc3)c3ccc(-c4nc5ccccc5nc4-c4ccc(N(c5ccccc5)c5ccc6c(c5)C(C)(C)c5cc(-c7nc8ccccc8o7)ccc5-6)cc4)cc3)cc21. The molecule has 0 saturated heterocycles. The Labute approximate surface area is 486 Å². The number of hydrogen-bond acceptors (Lipinski definition) is 8. The predicted octanol–water partition coefficient (Wildman–Crippen LogP) is 20.1. The van der Waals surface area contributed by atoms with Crippen molar-refractivity contribution in [2.24, 2.45) is 0 Å². The van der Waals surface area contributed by atoms with Gasteiger partial charge in [-0.2, -0.15) is 0 Å². The van der Waals surface area contributed by atoms with Crippen LogP contribution in [-0.2, 0) is 10.8 Å². The topological polar surface area (TPSA) is 84.3 Å². The van der Waals surface area contributed by atoms with Gasteiger partial charge in [-0.3, -0.25) is 0 Å². The number of anilines is 6.